The zero-order chi connectivity index (χ0) is 30.8. The maximum Gasteiger partial charge on any atom is 0.130 e. The molecule has 1 unspecified atom stereocenters. The van der Waals surface area contributed by atoms with Gasteiger partial charge in [-0.15, -0.1) is 0 Å². The summed E-state index contributed by atoms with van der Waals surface area (Å²) in [5, 5.41) is 8.97. The second kappa shape index (κ2) is 33.2. The van der Waals surface area contributed by atoms with E-state index in [-0.39, 0.29) is 12.7 Å². The Bertz CT molecular complexity index is 578. The fraction of sp³-hybridized carbons (Fsp3) is 0.892. The molecule has 0 saturated heterocycles. The molecular formula is C37H74NO4+. The summed E-state index contributed by atoms with van der Waals surface area (Å²) in [5.41, 5.74) is 0. The first-order chi connectivity index (χ1) is 20.6. The van der Waals surface area contributed by atoms with Crippen LogP contribution in [0.4, 0.5) is 0 Å². The van der Waals surface area contributed by atoms with Gasteiger partial charge in [0.1, 0.15) is 19.2 Å². The van der Waals surface area contributed by atoms with Crippen molar-refractivity contribution in [3.05, 3.63) is 24.3 Å². The summed E-state index contributed by atoms with van der Waals surface area (Å²) in [4.78, 5) is 0. The third-order valence-corrected chi connectivity index (χ3v) is 7.89. The molecule has 0 saturated carbocycles. The lowest BCUT2D eigenvalue weighted by atomic mass is 10.1. The van der Waals surface area contributed by atoms with Crippen LogP contribution in [0.3, 0.4) is 0 Å². The van der Waals surface area contributed by atoms with Gasteiger partial charge in [0.25, 0.3) is 0 Å². The van der Waals surface area contributed by atoms with Crippen molar-refractivity contribution in [1.29, 1.82) is 0 Å². The number of aliphatic hydroxyl groups is 1. The highest BCUT2D eigenvalue weighted by atomic mass is 16.5. The van der Waals surface area contributed by atoms with Crippen LogP contribution in [-0.4, -0.2) is 82.5 Å². The Balaban J connectivity index is 4.09. The maximum atomic E-state index is 8.97. The summed E-state index contributed by atoms with van der Waals surface area (Å²) >= 11 is 0. The molecule has 0 fully saturated rings. The third-order valence-electron chi connectivity index (χ3n) is 7.89. The molecule has 250 valence electrons. The van der Waals surface area contributed by atoms with E-state index < -0.39 is 0 Å². The lowest BCUT2D eigenvalue weighted by molar-refractivity contribution is -0.894. The summed E-state index contributed by atoms with van der Waals surface area (Å²) in [6.45, 7) is 9.82. The number of aliphatic hydroxyl groups excluding tert-OH is 1. The average molecular weight is 597 g/mol. The van der Waals surface area contributed by atoms with Crippen molar-refractivity contribution >= 4 is 0 Å². The SMILES string of the molecule is CCCC/C=C\CCCCCCCCOCC(C[N+](C)(C)CCOCCO)OCCCCCCCC/C=C\CCCC. The molecule has 0 rings (SSSR count). The van der Waals surface area contributed by atoms with Crippen LogP contribution in [0.5, 0.6) is 0 Å². The first-order valence-corrected chi connectivity index (χ1v) is 18.1. The van der Waals surface area contributed by atoms with E-state index in [0.29, 0.717) is 19.8 Å². The molecule has 1 N–H and O–H groups in total. The summed E-state index contributed by atoms with van der Waals surface area (Å²) in [7, 11) is 4.47. The van der Waals surface area contributed by atoms with Crippen LogP contribution in [0.2, 0.25) is 0 Å². The van der Waals surface area contributed by atoms with Crippen molar-refractivity contribution in [3.63, 3.8) is 0 Å². The van der Waals surface area contributed by atoms with Crippen LogP contribution in [0.1, 0.15) is 142 Å². The molecule has 0 aromatic carbocycles. The maximum absolute atomic E-state index is 8.97. The lowest BCUT2D eigenvalue weighted by Gasteiger charge is -2.33. The quantitative estimate of drug-likeness (QED) is 0.0457. The molecule has 0 heterocycles. The van der Waals surface area contributed by atoms with Crippen LogP contribution >= 0.6 is 0 Å². The highest BCUT2D eigenvalue weighted by Gasteiger charge is 2.23. The molecule has 0 radical (unpaired) electrons. The van der Waals surface area contributed by atoms with Crippen molar-refractivity contribution in [3.8, 4) is 0 Å². The van der Waals surface area contributed by atoms with Gasteiger partial charge in [0, 0.05) is 13.2 Å². The van der Waals surface area contributed by atoms with Crippen LogP contribution in [-0.2, 0) is 14.2 Å². The van der Waals surface area contributed by atoms with E-state index in [1.807, 2.05) is 0 Å². The highest BCUT2D eigenvalue weighted by Crippen LogP contribution is 2.12. The van der Waals surface area contributed by atoms with Gasteiger partial charge in [-0.1, -0.05) is 115 Å². The second-order valence-electron chi connectivity index (χ2n) is 12.8. The van der Waals surface area contributed by atoms with Gasteiger partial charge in [0.15, 0.2) is 0 Å². The number of nitrogens with zero attached hydrogens (tertiary/aromatic N) is 1. The van der Waals surface area contributed by atoms with Gasteiger partial charge in [0.2, 0.25) is 0 Å². The molecule has 0 aliphatic heterocycles. The zero-order valence-corrected chi connectivity index (χ0v) is 28.8. The molecule has 0 bridgehead atoms. The number of likely N-dealkylation sites (N-methyl/N-ethyl adjacent to an activating group) is 1. The number of allylic oxidation sites excluding steroid dienone is 4. The molecule has 0 aliphatic rings. The van der Waals surface area contributed by atoms with Crippen molar-refractivity contribution in [2.45, 2.75) is 148 Å². The Morgan fingerprint density at radius 2 is 1.02 bits per heavy atom. The molecule has 42 heavy (non-hydrogen) atoms. The van der Waals surface area contributed by atoms with Gasteiger partial charge in [-0.25, -0.2) is 0 Å². The minimum absolute atomic E-state index is 0.0829. The van der Waals surface area contributed by atoms with Gasteiger partial charge in [0.05, 0.1) is 40.5 Å². The number of quaternary nitrogens is 1. The van der Waals surface area contributed by atoms with Gasteiger partial charge in [-0.2, -0.15) is 0 Å². The summed E-state index contributed by atoms with van der Waals surface area (Å²) < 4.78 is 18.9. The van der Waals surface area contributed by atoms with E-state index in [0.717, 1.165) is 43.6 Å². The van der Waals surface area contributed by atoms with E-state index in [2.05, 4.69) is 52.2 Å². The minimum Gasteiger partial charge on any atom is -0.394 e. The van der Waals surface area contributed by atoms with Gasteiger partial charge in [-0.3, -0.25) is 0 Å². The van der Waals surface area contributed by atoms with E-state index in [1.54, 1.807) is 0 Å². The Labute approximate surface area is 263 Å². The minimum atomic E-state index is 0.0829. The fourth-order valence-corrected chi connectivity index (χ4v) is 5.10. The number of unbranched alkanes of at least 4 members (excludes halogenated alkanes) is 16. The van der Waals surface area contributed by atoms with Gasteiger partial charge in [-0.05, 0) is 51.4 Å². The van der Waals surface area contributed by atoms with Crippen molar-refractivity contribution in [2.24, 2.45) is 0 Å². The number of ether oxygens (including phenoxy) is 3. The van der Waals surface area contributed by atoms with E-state index >= 15 is 0 Å². The third kappa shape index (κ3) is 32.2. The van der Waals surface area contributed by atoms with E-state index in [4.69, 9.17) is 19.3 Å². The van der Waals surface area contributed by atoms with Crippen LogP contribution in [0.25, 0.3) is 0 Å². The zero-order valence-electron chi connectivity index (χ0n) is 28.8. The number of hydrogen-bond acceptors (Lipinski definition) is 4. The predicted molar refractivity (Wildman–Crippen MR) is 182 cm³/mol. The van der Waals surface area contributed by atoms with Crippen LogP contribution in [0.15, 0.2) is 24.3 Å². The molecule has 5 heteroatoms. The molecule has 0 aliphatic carbocycles. The standard InChI is InChI=1S/C37H74NO4/c1-5-7-9-11-13-15-17-19-21-23-25-27-31-41-36-37(35-38(3,4)29-33-40-34-30-39)42-32-28-26-24-22-20-18-16-14-12-10-8-6-2/h11-14,37,39H,5-10,15-36H2,1-4H3/q+1/b13-11-,14-12-. The summed E-state index contributed by atoms with van der Waals surface area (Å²) in [6, 6.07) is 0. The topological polar surface area (TPSA) is 47.9 Å². The normalized spacial score (nSPS) is 13.2. The monoisotopic (exact) mass is 597 g/mol. The Morgan fingerprint density at radius 1 is 0.548 bits per heavy atom. The molecule has 0 aromatic rings. The van der Waals surface area contributed by atoms with Crippen molar-refractivity contribution in [1.82, 2.24) is 0 Å². The van der Waals surface area contributed by atoms with Gasteiger partial charge < -0.3 is 23.8 Å². The van der Waals surface area contributed by atoms with Crippen molar-refractivity contribution < 1.29 is 23.8 Å². The molecule has 0 aromatic heterocycles. The fourth-order valence-electron chi connectivity index (χ4n) is 5.10. The molecule has 0 spiro atoms. The molecule has 0 amide bonds. The Morgan fingerprint density at radius 3 is 1.55 bits per heavy atom. The largest absolute Gasteiger partial charge is 0.394 e. The highest BCUT2D eigenvalue weighted by molar-refractivity contribution is 4.81. The van der Waals surface area contributed by atoms with Gasteiger partial charge >= 0.3 is 0 Å². The number of hydrogen-bond donors (Lipinski definition) is 1. The summed E-state index contributed by atoms with van der Waals surface area (Å²) in [5.74, 6) is 0. The number of rotatable bonds is 34. The lowest BCUT2D eigenvalue weighted by Crippen LogP contribution is -2.49. The van der Waals surface area contributed by atoms with Crippen molar-refractivity contribution in [2.75, 3.05) is 66.8 Å². The first kappa shape index (κ1) is 41.3. The molecule has 5 nitrogen and oxygen atoms in total. The van der Waals surface area contributed by atoms with Crippen LogP contribution in [0, 0.1) is 0 Å². The average Bonchev–Trinajstić information content (AvgIpc) is 2.97. The molecule has 1 atom stereocenters. The second-order valence-corrected chi connectivity index (χ2v) is 12.8. The first-order valence-electron chi connectivity index (χ1n) is 18.1. The van der Waals surface area contributed by atoms with Crippen LogP contribution < -0.4 is 0 Å². The smallest absolute Gasteiger partial charge is 0.130 e. The predicted octanol–water partition coefficient (Wildman–Crippen LogP) is 9.43. The van der Waals surface area contributed by atoms with E-state index in [1.165, 1.54) is 116 Å². The summed E-state index contributed by atoms with van der Waals surface area (Å²) in [6.07, 6.45) is 35.2. The Hall–Kier alpha value is -0.720. The molecular weight excluding hydrogens is 522 g/mol. The Kier molecular flexibility index (Phi) is 32.6. The van der Waals surface area contributed by atoms with E-state index in [9.17, 15) is 0 Å².